The highest BCUT2D eigenvalue weighted by atomic mass is 127. The predicted octanol–water partition coefficient (Wildman–Crippen LogP) is 3.51. The molecule has 0 spiro atoms. The first-order valence-corrected chi connectivity index (χ1v) is 11.1. The fraction of sp³-hybridized carbons (Fsp3) is 0.652. The van der Waals surface area contributed by atoms with Crippen LogP contribution in [0.3, 0.4) is 0 Å². The minimum atomic E-state index is -0.0474. The summed E-state index contributed by atoms with van der Waals surface area (Å²) in [5.74, 6) is 0.940. The van der Waals surface area contributed by atoms with Gasteiger partial charge in [-0.1, -0.05) is 36.8 Å². The van der Waals surface area contributed by atoms with Gasteiger partial charge in [0.1, 0.15) is 0 Å². The smallest absolute Gasteiger partial charge is 0.309 e. The Balaban J connectivity index is 0.00000320. The van der Waals surface area contributed by atoms with Gasteiger partial charge >= 0.3 is 5.97 Å². The van der Waals surface area contributed by atoms with Crippen molar-refractivity contribution in [2.75, 3.05) is 39.8 Å². The number of halogens is 1. The molecule has 2 aliphatic heterocycles. The molecule has 3 rings (SSSR count). The molecule has 168 valence electrons. The number of nitrogens with one attached hydrogen (secondary N) is 1. The number of likely N-dealkylation sites (tertiary alicyclic amines) is 2. The summed E-state index contributed by atoms with van der Waals surface area (Å²) in [5.41, 5.74) is 1.38. The number of piperidine rings is 2. The van der Waals surface area contributed by atoms with Gasteiger partial charge in [0.2, 0.25) is 0 Å². The summed E-state index contributed by atoms with van der Waals surface area (Å²) in [5, 5.41) is 3.61. The third-order valence-electron chi connectivity index (χ3n) is 6.10. The van der Waals surface area contributed by atoms with Gasteiger partial charge < -0.3 is 15.0 Å². The van der Waals surface area contributed by atoms with Crippen LogP contribution in [0, 0.1) is 5.92 Å². The van der Waals surface area contributed by atoms with E-state index in [2.05, 4.69) is 50.4 Å². The summed E-state index contributed by atoms with van der Waals surface area (Å²) in [6, 6.07) is 11.3. The summed E-state index contributed by atoms with van der Waals surface area (Å²) in [6.45, 7) is 7.11. The molecule has 6 nitrogen and oxygen atoms in total. The highest BCUT2D eigenvalue weighted by molar-refractivity contribution is 14.0. The SMILES string of the molecule is CCOC(=O)C1CCN(C(=NC)NCC2CCCCN2Cc2ccccc2)CC1.I. The molecule has 2 fully saturated rings. The van der Waals surface area contributed by atoms with Crippen molar-refractivity contribution in [1.82, 2.24) is 15.1 Å². The number of nitrogens with zero attached hydrogens (tertiary/aromatic N) is 3. The minimum Gasteiger partial charge on any atom is -0.466 e. The van der Waals surface area contributed by atoms with Crippen LogP contribution in [-0.4, -0.2) is 67.6 Å². The first-order valence-electron chi connectivity index (χ1n) is 11.1. The maximum Gasteiger partial charge on any atom is 0.309 e. The van der Waals surface area contributed by atoms with Crippen LogP contribution in [0.25, 0.3) is 0 Å². The molecule has 7 heteroatoms. The second kappa shape index (κ2) is 13.1. The van der Waals surface area contributed by atoms with E-state index in [1.165, 1.54) is 24.8 Å². The summed E-state index contributed by atoms with van der Waals surface area (Å²) in [7, 11) is 1.85. The van der Waals surface area contributed by atoms with E-state index in [1.807, 2.05) is 14.0 Å². The monoisotopic (exact) mass is 528 g/mol. The third kappa shape index (κ3) is 7.11. The molecular weight excluding hydrogens is 491 g/mol. The Labute approximate surface area is 198 Å². The van der Waals surface area contributed by atoms with Crippen molar-refractivity contribution in [3.05, 3.63) is 35.9 Å². The van der Waals surface area contributed by atoms with Gasteiger partial charge in [-0.3, -0.25) is 14.7 Å². The van der Waals surface area contributed by atoms with E-state index < -0.39 is 0 Å². The molecule has 2 aliphatic rings. The number of hydrogen-bond acceptors (Lipinski definition) is 4. The lowest BCUT2D eigenvalue weighted by Crippen LogP contribution is -2.51. The number of carbonyl (C=O) groups excluding carboxylic acids is 1. The molecular formula is C23H37IN4O2. The van der Waals surface area contributed by atoms with Gasteiger partial charge in [-0.05, 0) is 44.7 Å². The summed E-state index contributed by atoms with van der Waals surface area (Å²) >= 11 is 0. The lowest BCUT2D eigenvalue weighted by Gasteiger charge is -2.38. The summed E-state index contributed by atoms with van der Waals surface area (Å²) in [6.07, 6.45) is 5.47. The molecule has 2 saturated heterocycles. The number of aliphatic imine (C=N–C) groups is 1. The Bertz CT molecular complexity index is 662. The van der Waals surface area contributed by atoms with Crippen molar-refractivity contribution >= 4 is 35.9 Å². The van der Waals surface area contributed by atoms with Gasteiger partial charge in [-0.15, -0.1) is 24.0 Å². The maximum atomic E-state index is 12.0. The Morgan fingerprint density at radius 1 is 1.13 bits per heavy atom. The van der Waals surface area contributed by atoms with Crippen LogP contribution >= 0.6 is 24.0 Å². The van der Waals surface area contributed by atoms with E-state index in [1.54, 1.807) is 0 Å². The number of guanidine groups is 1. The highest BCUT2D eigenvalue weighted by Crippen LogP contribution is 2.21. The second-order valence-corrected chi connectivity index (χ2v) is 8.05. The van der Waals surface area contributed by atoms with Crippen molar-refractivity contribution in [2.45, 2.75) is 51.6 Å². The molecule has 2 heterocycles. The number of rotatable bonds is 6. The van der Waals surface area contributed by atoms with E-state index in [0.29, 0.717) is 12.6 Å². The van der Waals surface area contributed by atoms with Crippen LogP contribution in [-0.2, 0) is 16.1 Å². The fourth-order valence-electron chi connectivity index (χ4n) is 4.45. The molecule has 1 aromatic carbocycles. The first-order chi connectivity index (χ1) is 14.2. The lowest BCUT2D eigenvalue weighted by molar-refractivity contribution is -0.149. The van der Waals surface area contributed by atoms with E-state index in [0.717, 1.165) is 51.5 Å². The zero-order valence-corrected chi connectivity index (χ0v) is 20.7. The summed E-state index contributed by atoms with van der Waals surface area (Å²) in [4.78, 5) is 21.4. The van der Waals surface area contributed by atoms with E-state index in [9.17, 15) is 4.79 Å². The van der Waals surface area contributed by atoms with Crippen molar-refractivity contribution in [3.8, 4) is 0 Å². The largest absolute Gasteiger partial charge is 0.466 e. The Morgan fingerprint density at radius 2 is 1.87 bits per heavy atom. The van der Waals surface area contributed by atoms with Crippen LogP contribution in [0.4, 0.5) is 0 Å². The third-order valence-corrected chi connectivity index (χ3v) is 6.10. The molecule has 0 aliphatic carbocycles. The number of benzene rings is 1. The second-order valence-electron chi connectivity index (χ2n) is 8.05. The van der Waals surface area contributed by atoms with Crippen LogP contribution in [0.5, 0.6) is 0 Å². The molecule has 30 heavy (non-hydrogen) atoms. The van der Waals surface area contributed by atoms with E-state index in [4.69, 9.17) is 4.74 Å². The molecule has 0 bridgehead atoms. The number of hydrogen-bond donors (Lipinski definition) is 1. The van der Waals surface area contributed by atoms with Crippen LogP contribution in [0.2, 0.25) is 0 Å². The van der Waals surface area contributed by atoms with E-state index >= 15 is 0 Å². The zero-order chi connectivity index (χ0) is 20.5. The molecule has 0 amide bonds. The Hall–Kier alpha value is -1.35. The number of esters is 1. The lowest BCUT2D eigenvalue weighted by atomic mass is 9.97. The number of carbonyl (C=O) groups is 1. The Kier molecular flexibility index (Phi) is 10.9. The highest BCUT2D eigenvalue weighted by Gasteiger charge is 2.28. The minimum absolute atomic E-state index is 0. The van der Waals surface area contributed by atoms with Crippen LogP contribution in [0.1, 0.15) is 44.6 Å². The standard InChI is InChI=1S/C23H36N4O2.HI/c1-3-29-22(28)20-12-15-26(16-13-20)23(24-2)25-17-21-11-7-8-14-27(21)18-19-9-5-4-6-10-19;/h4-6,9-10,20-21H,3,7-8,11-18H2,1-2H3,(H,24,25);1H. The first kappa shape index (κ1) is 24.9. The van der Waals surface area contributed by atoms with Crippen molar-refractivity contribution < 1.29 is 9.53 Å². The quantitative estimate of drug-likeness (QED) is 0.265. The van der Waals surface area contributed by atoms with Gasteiger partial charge in [-0.2, -0.15) is 0 Å². The average Bonchev–Trinajstić information content (AvgIpc) is 2.76. The topological polar surface area (TPSA) is 57.2 Å². The predicted molar refractivity (Wildman–Crippen MR) is 132 cm³/mol. The number of ether oxygens (including phenoxy) is 1. The van der Waals surface area contributed by atoms with Crippen LogP contribution in [0.15, 0.2) is 35.3 Å². The molecule has 1 N–H and O–H groups in total. The maximum absolute atomic E-state index is 12.0. The van der Waals surface area contributed by atoms with Crippen molar-refractivity contribution in [3.63, 3.8) is 0 Å². The molecule has 0 saturated carbocycles. The van der Waals surface area contributed by atoms with Crippen molar-refractivity contribution in [1.29, 1.82) is 0 Å². The van der Waals surface area contributed by atoms with E-state index in [-0.39, 0.29) is 35.9 Å². The zero-order valence-electron chi connectivity index (χ0n) is 18.4. The normalized spacial score (nSPS) is 21.1. The molecule has 1 aromatic rings. The van der Waals surface area contributed by atoms with Gasteiger partial charge in [-0.25, -0.2) is 0 Å². The average molecular weight is 528 g/mol. The fourth-order valence-corrected chi connectivity index (χ4v) is 4.45. The van der Waals surface area contributed by atoms with Crippen LogP contribution < -0.4 is 5.32 Å². The Morgan fingerprint density at radius 3 is 2.53 bits per heavy atom. The molecule has 1 unspecified atom stereocenters. The van der Waals surface area contributed by atoms with Gasteiger partial charge in [0.25, 0.3) is 0 Å². The van der Waals surface area contributed by atoms with Gasteiger partial charge in [0.15, 0.2) is 5.96 Å². The summed E-state index contributed by atoms with van der Waals surface area (Å²) < 4.78 is 5.18. The molecule has 0 radical (unpaired) electrons. The molecule has 0 aromatic heterocycles. The molecule has 1 atom stereocenters. The van der Waals surface area contributed by atoms with Gasteiger partial charge in [0.05, 0.1) is 12.5 Å². The van der Waals surface area contributed by atoms with Gasteiger partial charge in [0, 0.05) is 39.3 Å². The van der Waals surface area contributed by atoms with Crippen molar-refractivity contribution in [2.24, 2.45) is 10.9 Å².